The van der Waals surface area contributed by atoms with Gasteiger partial charge in [0.15, 0.2) is 11.5 Å². The summed E-state index contributed by atoms with van der Waals surface area (Å²) in [6.07, 6.45) is 2.16. The van der Waals surface area contributed by atoms with E-state index >= 15 is 0 Å². The van der Waals surface area contributed by atoms with E-state index in [-0.39, 0.29) is 0 Å². The molecule has 5 heteroatoms. The molecular formula is C12H16N4O. The molecule has 0 aromatic carbocycles. The molecule has 1 N–H and O–H groups in total. The molecule has 0 spiro atoms. The fourth-order valence-corrected chi connectivity index (χ4v) is 2.31. The zero-order valence-electron chi connectivity index (χ0n) is 9.89. The molecule has 0 bridgehead atoms. The zero-order valence-corrected chi connectivity index (χ0v) is 9.89. The Balaban J connectivity index is 1.90. The molecule has 3 heterocycles. The van der Waals surface area contributed by atoms with E-state index in [2.05, 4.69) is 15.4 Å². The molecule has 17 heavy (non-hydrogen) atoms. The van der Waals surface area contributed by atoms with Crippen molar-refractivity contribution in [1.82, 2.24) is 19.9 Å². The van der Waals surface area contributed by atoms with Crippen LogP contribution < -0.4 is 10.1 Å². The minimum Gasteiger partial charge on any atom is -0.481 e. The maximum Gasteiger partial charge on any atom is 0.216 e. The summed E-state index contributed by atoms with van der Waals surface area (Å²) in [4.78, 5) is 4.53. The summed E-state index contributed by atoms with van der Waals surface area (Å²) in [5.41, 5.74) is 0.852. The van der Waals surface area contributed by atoms with Gasteiger partial charge < -0.3 is 10.1 Å². The van der Waals surface area contributed by atoms with Crippen LogP contribution in [0.5, 0.6) is 5.88 Å². The topological polar surface area (TPSA) is 51.5 Å². The van der Waals surface area contributed by atoms with Crippen molar-refractivity contribution in [3.8, 4) is 5.88 Å². The number of rotatable bonds is 3. The summed E-state index contributed by atoms with van der Waals surface area (Å²) >= 11 is 0. The Bertz CT molecular complexity index is 516. The van der Waals surface area contributed by atoms with Crippen LogP contribution in [0.25, 0.3) is 5.65 Å². The van der Waals surface area contributed by atoms with Crippen LogP contribution in [0.15, 0.2) is 18.2 Å². The monoisotopic (exact) mass is 232 g/mol. The predicted molar refractivity (Wildman–Crippen MR) is 64.2 cm³/mol. The minimum absolute atomic E-state index is 0.665. The van der Waals surface area contributed by atoms with E-state index in [9.17, 15) is 0 Å². The van der Waals surface area contributed by atoms with E-state index in [1.165, 1.54) is 6.42 Å². The van der Waals surface area contributed by atoms with Gasteiger partial charge >= 0.3 is 0 Å². The predicted octanol–water partition coefficient (Wildman–Crippen LogP) is 0.890. The number of nitrogens with zero attached hydrogens (tertiary/aromatic N) is 3. The maximum absolute atomic E-state index is 5.26. The molecular weight excluding hydrogens is 216 g/mol. The molecule has 1 saturated heterocycles. The third-order valence-corrected chi connectivity index (χ3v) is 3.21. The van der Waals surface area contributed by atoms with Gasteiger partial charge in [-0.15, -0.1) is 5.10 Å². The Kier molecular flexibility index (Phi) is 2.68. The van der Waals surface area contributed by atoms with E-state index in [1.807, 2.05) is 18.2 Å². The summed E-state index contributed by atoms with van der Waals surface area (Å²) in [7, 11) is 1.65. The van der Waals surface area contributed by atoms with Crippen molar-refractivity contribution in [2.75, 3.05) is 20.2 Å². The van der Waals surface area contributed by atoms with Crippen molar-refractivity contribution in [1.29, 1.82) is 0 Å². The molecule has 5 nitrogen and oxygen atoms in total. The molecule has 1 fully saturated rings. The highest BCUT2D eigenvalue weighted by molar-refractivity contribution is 5.40. The lowest BCUT2D eigenvalue weighted by Gasteiger charge is -2.03. The number of methoxy groups -OCH3 is 1. The van der Waals surface area contributed by atoms with E-state index in [4.69, 9.17) is 4.74 Å². The number of aromatic nitrogens is 3. The van der Waals surface area contributed by atoms with Crippen molar-refractivity contribution in [3.63, 3.8) is 0 Å². The van der Waals surface area contributed by atoms with E-state index in [0.717, 1.165) is 36.9 Å². The minimum atomic E-state index is 0.665. The lowest BCUT2D eigenvalue weighted by Crippen LogP contribution is -2.11. The summed E-state index contributed by atoms with van der Waals surface area (Å²) in [6.45, 7) is 2.19. The number of nitrogens with one attached hydrogen (secondary N) is 1. The van der Waals surface area contributed by atoms with Gasteiger partial charge in [0.1, 0.15) is 0 Å². The van der Waals surface area contributed by atoms with Gasteiger partial charge in [0.2, 0.25) is 5.88 Å². The summed E-state index contributed by atoms with van der Waals surface area (Å²) in [5, 5.41) is 7.86. The van der Waals surface area contributed by atoms with Gasteiger partial charge in [0, 0.05) is 12.5 Å². The van der Waals surface area contributed by atoms with Gasteiger partial charge in [0.05, 0.1) is 7.11 Å². The summed E-state index contributed by atoms with van der Waals surface area (Å²) in [5.74, 6) is 2.30. The highest BCUT2D eigenvalue weighted by Gasteiger charge is 2.17. The average molecular weight is 232 g/mol. The van der Waals surface area contributed by atoms with Crippen LogP contribution >= 0.6 is 0 Å². The Morgan fingerprint density at radius 2 is 2.47 bits per heavy atom. The Labute approximate surface area is 99.8 Å². The Morgan fingerprint density at radius 3 is 3.24 bits per heavy atom. The van der Waals surface area contributed by atoms with Gasteiger partial charge in [-0.3, -0.25) is 0 Å². The fourth-order valence-electron chi connectivity index (χ4n) is 2.31. The first-order valence-corrected chi connectivity index (χ1v) is 5.96. The largest absolute Gasteiger partial charge is 0.481 e. The van der Waals surface area contributed by atoms with Gasteiger partial charge in [-0.1, -0.05) is 6.07 Å². The number of fused-ring (bicyclic) bond motifs is 1. The van der Waals surface area contributed by atoms with E-state index in [0.29, 0.717) is 5.92 Å². The molecule has 2 aromatic rings. The van der Waals surface area contributed by atoms with Crippen LogP contribution in [-0.2, 0) is 6.42 Å². The van der Waals surface area contributed by atoms with Crippen LogP contribution in [0.1, 0.15) is 12.2 Å². The molecule has 0 aliphatic carbocycles. The van der Waals surface area contributed by atoms with Crippen molar-refractivity contribution < 1.29 is 4.74 Å². The fraction of sp³-hybridized carbons (Fsp3) is 0.500. The smallest absolute Gasteiger partial charge is 0.216 e. The van der Waals surface area contributed by atoms with Gasteiger partial charge in [0.25, 0.3) is 0 Å². The number of ether oxygens (including phenoxy) is 1. The average Bonchev–Trinajstić information content (AvgIpc) is 2.97. The zero-order chi connectivity index (χ0) is 11.7. The lowest BCUT2D eigenvalue weighted by molar-refractivity contribution is 0.385. The molecule has 1 aliphatic heterocycles. The first kappa shape index (κ1) is 10.5. The second-order valence-electron chi connectivity index (χ2n) is 4.43. The molecule has 0 saturated carbocycles. The SMILES string of the molecule is COc1cccc2nc(CC3CCNC3)nn12. The van der Waals surface area contributed by atoms with Gasteiger partial charge in [-0.05, 0) is 31.5 Å². The molecule has 0 amide bonds. The number of hydrogen-bond donors (Lipinski definition) is 1. The quantitative estimate of drug-likeness (QED) is 0.854. The summed E-state index contributed by atoms with van der Waals surface area (Å²) in [6, 6.07) is 5.78. The third-order valence-electron chi connectivity index (χ3n) is 3.21. The maximum atomic E-state index is 5.26. The molecule has 1 unspecified atom stereocenters. The van der Waals surface area contributed by atoms with Crippen LogP contribution in [-0.4, -0.2) is 34.8 Å². The highest BCUT2D eigenvalue weighted by atomic mass is 16.5. The second-order valence-corrected chi connectivity index (χ2v) is 4.43. The number of pyridine rings is 1. The molecule has 2 aromatic heterocycles. The van der Waals surface area contributed by atoms with Crippen LogP contribution in [0.3, 0.4) is 0 Å². The van der Waals surface area contributed by atoms with Gasteiger partial charge in [-0.25, -0.2) is 4.98 Å². The van der Waals surface area contributed by atoms with Crippen molar-refractivity contribution in [2.24, 2.45) is 5.92 Å². The van der Waals surface area contributed by atoms with E-state index in [1.54, 1.807) is 11.6 Å². The first-order chi connectivity index (χ1) is 8.36. The van der Waals surface area contributed by atoms with Gasteiger partial charge in [-0.2, -0.15) is 4.52 Å². The Morgan fingerprint density at radius 1 is 1.53 bits per heavy atom. The highest BCUT2D eigenvalue weighted by Crippen LogP contribution is 2.16. The lowest BCUT2D eigenvalue weighted by atomic mass is 10.1. The molecule has 1 aliphatic rings. The van der Waals surface area contributed by atoms with Crippen LogP contribution in [0.4, 0.5) is 0 Å². The van der Waals surface area contributed by atoms with E-state index < -0.39 is 0 Å². The van der Waals surface area contributed by atoms with Crippen molar-refractivity contribution >= 4 is 5.65 Å². The normalized spacial score (nSPS) is 19.9. The molecule has 1 atom stereocenters. The Hall–Kier alpha value is -1.62. The molecule has 0 radical (unpaired) electrons. The molecule has 90 valence electrons. The van der Waals surface area contributed by atoms with Crippen molar-refractivity contribution in [3.05, 3.63) is 24.0 Å². The van der Waals surface area contributed by atoms with Crippen LogP contribution in [0.2, 0.25) is 0 Å². The first-order valence-electron chi connectivity index (χ1n) is 5.96. The molecule has 3 rings (SSSR count). The van der Waals surface area contributed by atoms with Crippen LogP contribution in [0, 0.1) is 5.92 Å². The van der Waals surface area contributed by atoms with Crippen molar-refractivity contribution in [2.45, 2.75) is 12.8 Å². The number of hydrogen-bond acceptors (Lipinski definition) is 4. The third kappa shape index (κ3) is 1.98. The standard InChI is InChI=1S/C12H16N4O/c1-17-12-4-2-3-11-14-10(15-16(11)12)7-9-5-6-13-8-9/h2-4,9,13H,5-8H2,1H3. The summed E-state index contributed by atoms with van der Waals surface area (Å²) < 4.78 is 7.02. The second kappa shape index (κ2) is 4.33.